The van der Waals surface area contributed by atoms with Gasteiger partial charge >= 0.3 is 0 Å². The van der Waals surface area contributed by atoms with E-state index < -0.39 is 10.0 Å². The fourth-order valence-corrected chi connectivity index (χ4v) is 2.11. The maximum absolute atomic E-state index is 10.7. The van der Waals surface area contributed by atoms with Crippen LogP contribution in [0.3, 0.4) is 0 Å². The lowest BCUT2D eigenvalue weighted by molar-refractivity contribution is 0.595. The molecule has 0 fully saturated rings. The Kier molecular flexibility index (Phi) is 3.69. The average molecular weight is 290 g/mol. The van der Waals surface area contributed by atoms with Gasteiger partial charge in [0, 0.05) is 12.7 Å². The number of nitrogens with one attached hydrogen (secondary N) is 1. The van der Waals surface area contributed by atoms with E-state index in [1.807, 2.05) is 0 Å². The highest BCUT2D eigenvalue weighted by Crippen LogP contribution is 2.11. The number of nitrogens with two attached hydrogens (primary N) is 1. The molecule has 3 N–H and O–H groups in total. The molecule has 0 aromatic carbocycles. The highest BCUT2D eigenvalue weighted by molar-refractivity contribution is 7.89. The first-order chi connectivity index (χ1) is 8.44. The smallest absolute Gasteiger partial charge is 0.243 e. The van der Waals surface area contributed by atoms with Crippen LogP contribution in [0, 0.1) is 0 Å². The molecule has 18 heavy (non-hydrogen) atoms. The standard InChI is InChI=1S/C9H12ClN5O2S/c10-7-2-3-8-13-9(14-15(8)6-7)12-4-1-5-18(11,16)17/h2-3,6H,1,4-5H2,(H,12,14)(H2,11,16,17). The van der Waals surface area contributed by atoms with Gasteiger partial charge in [-0.1, -0.05) is 11.6 Å². The van der Waals surface area contributed by atoms with Gasteiger partial charge in [-0.3, -0.25) is 0 Å². The Morgan fingerprint density at radius 2 is 2.22 bits per heavy atom. The van der Waals surface area contributed by atoms with Gasteiger partial charge in [-0.15, -0.1) is 5.10 Å². The van der Waals surface area contributed by atoms with Crippen molar-refractivity contribution in [1.29, 1.82) is 0 Å². The SMILES string of the molecule is NS(=O)(=O)CCCNc1nc2ccc(Cl)cn2n1. The van der Waals surface area contributed by atoms with Crippen molar-refractivity contribution in [2.24, 2.45) is 5.14 Å². The zero-order valence-electron chi connectivity index (χ0n) is 9.38. The van der Waals surface area contributed by atoms with Gasteiger partial charge < -0.3 is 5.32 Å². The Bertz CT molecular complexity index is 654. The van der Waals surface area contributed by atoms with Crippen molar-refractivity contribution < 1.29 is 8.42 Å². The Morgan fingerprint density at radius 1 is 1.44 bits per heavy atom. The third-order valence-electron chi connectivity index (χ3n) is 2.18. The van der Waals surface area contributed by atoms with Crippen molar-refractivity contribution in [3.63, 3.8) is 0 Å². The second kappa shape index (κ2) is 5.09. The van der Waals surface area contributed by atoms with Gasteiger partial charge in [0.15, 0.2) is 5.65 Å². The number of hydrogen-bond donors (Lipinski definition) is 2. The van der Waals surface area contributed by atoms with Crippen LogP contribution in [0.4, 0.5) is 5.95 Å². The normalized spacial score (nSPS) is 11.9. The Balaban J connectivity index is 1.96. The number of nitrogens with zero attached hydrogens (tertiary/aromatic N) is 3. The summed E-state index contributed by atoms with van der Waals surface area (Å²) in [5.41, 5.74) is 0.661. The van der Waals surface area contributed by atoms with Crippen molar-refractivity contribution in [3.8, 4) is 0 Å². The molecule has 0 radical (unpaired) electrons. The largest absolute Gasteiger partial charge is 0.353 e. The van der Waals surface area contributed by atoms with Gasteiger partial charge in [0.05, 0.1) is 10.8 Å². The lowest BCUT2D eigenvalue weighted by Gasteiger charge is -1.99. The van der Waals surface area contributed by atoms with Crippen molar-refractivity contribution >= 4 is 33.2 Å². The number of halogens is 1. The zero-order chi connectivity index (χ0) is 13.2. The van der Waals surface area contributed by atoms with E-state index in [9.17, 15) is 8.42 Å². The monoisotopic (exact) mass is 289 g/mol. The molecule has 2 aromatic heterocycles. The number of sulfonamides is 1. The van der Waals surface area contributed by atoms with E-state index in [-0.39, 0.29) is 5.75 Å². The summed E-state index contributed by atoms with van der Waals surface area (Å²) >= 11 is 5.82. The van der Waals surface area contributed by atoms with Crippen LogP contribution in [0.15, 0.2) is 18.3 Å². The summed E-state index contributed by atoms with van der Waals surface area (Å²) in [6, 6.07) is 3.46. The minimum absolute atomic E-state index is 0.0702. The summed E-state index contributed by atoms with van der Waals surface area (Å²) in [5, 5.41) is 12.5. The molecule has 98 valence electrons. The maximum atomic E-state index is 10.7. The molecule has 0 saturated carbocycles. The fraction of sp³-hybridized carbons (Fsp3) is 0.333. The fourth-order valence-electron chi connectivity index (χ4n) is 1.41. The van der Waals surface area contributed by atoms with Crippen LogP contribution < -0.4 is 10.5 Å². The summed E-state index contributed by atoms with van der Waals surface area (Å²) in [7, 11) is -3.41. The predicted molar refractivity (Wildman–Crippen MR) is 69.1 cm³/mol. The molecule has 2 rings (SSSR count). The first-order valence-electron chi connectivity index (χ1n) is 5.20. The number of pyridine rings is 1. The van der Waals surface area contributed by atoms with Crippen LogP contribution in [0.25, 0.3) is 5.65 Å². The van der Waals surface area contributed by atoms with E-state index in [1.165, 1.54) is 0 Å². The summed E-state index contributed by atoms with van der Waals surface area (Å²) in [6.45, 7) is 0.432. The van der Waals surface area contributed by atoms with Crippen molar-refractivity contribution in [2.45, 2.75) is 6.42 Å². The predicted octanol–water partition coefficient (Wildman–Crippen LogP) is 0.473. The molecule has 0 saturated heterocycles. The van der Waals surface area contributed by atoms with E-state index in [1.54, 1.807) is 22.8 Å². The second-order valence-electron chi connectivity index (χ2n) is 3.73. The number of primary sulfonamides is 1. The van der Waals surface area contributed by atoms with Crippen LogP contribution in [-0.2, 0) is 10.0 Å². The van der Waals surface area contributed by atoms with Crippen molar-refractivity contribution in [2.75, 3.05) is 17.6 Å². The van der Waals surface area contributed by atoms with Gasteiger partial charge in [0.2, 0.25) is 16.0 Å². The molecular formula is C9H12ClN5O2S. The minimum atomic E-state index is -3.41. The van der Waals surface area contributed by atoms with Gasteiger partial charge in [0.1, 0.15) is 0 Å². The third kappa shape index (κ3) is 3.56. The molecule has 9 heteroatoms. The van der Waals surface area contributed by atoms with Crippen LogP contribution >= 0.6 is 11.6 Å². The number of rotatable bonds is 5. The molecule has 0 unspecified atom stereocenters. The van der Waals surface area contributed by atoms with Crippen LogP contribution in [0.5, 0.6) is 0 Å². The van der Waals surface area contributed by atoms with Crippen LogP contribution in [-0.4, -0.2) is 35.3 Å². The molecule has 0 atom stereocenters. The summed E-state index contributed by atoms with van der Waals surface area (Å²) in [6.07, 6.45) is 2.04. The second-order valence-corrected chi connectivity index (χ2v) is 5.90. The van der Waals surface area contributed by atoms with Gasteiger partial charge in [0.25, 0.3) is 0 Å². The van der Waals surface area contributed by atoms with Gasteiger partial charge in [-0.2, -0.15) is 4.98 Å². The molecule has 0 aliphatic rings. The first-order valence-corrected chi connectivity index (χ1v) is 7.30. The average Bonchev–Trinajstić information content (AvgIpc) is 2.65. The number of anilines is 1. The molecule has 0 aliphatic carbocycles. The van der Waals surface area contributed by atoms with E-state index in [0.717, 1.165) is 0 Å². The van der Waals surface area contributed by atoms with Crippen molar-refractivity contribution in [3.05, 3.63) is 23.4 Å². The molecule has 0 bridgehead atoms. The topological polar surface area (TPSA) is 102 Å². The third-order valence-corrected chi connectivity index (χ3v) is 3.26. The number of fused-ring (bicyclic) bond motifs is 1. The highest BCUT2D eigenvalue weighted by atomic mass is 35.5. The Labute approximate surface area is 109 Å². The lowest BCUT2D eigenvalue weighted by atomic mass is 10.5. The molecule has 0 spiro atoms. The minimum Gasteiger partial charge on any atom is -0.353 e. The summed E-state index contributed by atoms with van der Waals surface area (Å²) in [4.78, 5) is 4.19. The first kappa shape index (κ1) is 13.1. The van der Waals surface area contributed by atoms with E-state index >= 15 is 0 Å². The molecule has 7 nitrogen and oxygen atoms in total. The number of aromatic nitrogens is 3. The Hall–Kier alpha value is -1.38. The van der Waals surface area contributed by atoms with Crippen molar-refractivity contribution in [1.82, 2.24) is 14.6 Å². The van der Waals surface area contributed by atoms with E-state index in [4.69, 9.17) is 16.7 Å². The number of hydrogen-bond acceptors (Lipinski definition) is 5. The molecule has 2 aromatic rings. The van der Waals surface area contributed by atoms with Crippen LogP contribution in [0.1, 0.15) is 6.42 Å². The summed E-state index contributed by atoms with van der Waals surface area (Å²) < 4.78 is 23.0. The van der Waals surface area contributed by atoms with E-state index in [0.29, 0.717) is 29.6 Å². The quantitative estimate of drug-likeness (QED) is 0.779. The molecule has 2 heterocycles. The Morgan fingerprint density at radius 3 is 2.94 bits per heavy atom. The van der Waals surface area contributed by atoms with Gasteiger partial charge in [-0.25, -0.2) is 18.1 Å². The molecule has 0 aliphatic heterocycles. The van der Waals surface area contributed by atoms with Crippen LogP contribution in [0.2, 0.25) is 5.02 Å². The zero-order valence-corrected chi connectivity index (χ0v) is 10.9. The lowest BCUT2D eigenvalue weighted by Crippen LogP contribution is -2.18. The molecular weight excluding hydrogens is 278 g/mol. The van der Waals surface area contributed by atoms with E-state index in [2.05, 4.69) is 15.4 Å². The van der Waals surface area contributed by atoms with Gasteiger partial charge in [-0.05, 0) is 18.6 Å². The summed E-state index contributed by atoms with van der Waals surface area (Å²) in [5.74, 6) is 0.353. The maximum Gasteiger partial charge on any atom is 0.243 e. The molecule has 0 amide bonds. The highest BCUT2D eigenvalue weighted by Gasteiger charge is 2.05.